The summed E-state index contributed by atoms with van der Waals surface area (Å²) in [7, 11) is 2.19. The van der Waals surface area contributed by atoms with Gasteiger partial charge in [0.1, 0.15) is 5.82 Å². The van der Waals surface area contributed by atoms with Crippen LogP contribution in [0.1, 0.15) is 41.7 Å². The summed E-state index contributed by atoms with van der Waals surface area (Å²) in [4.78, 5) is 13.2. The summed E-state index contributed by atoms with van der Waals surface area (Å²) in [5.74, 6) is 2.04. The molecule has 4 heterocycles. The second kappa shape index (κ2) is 4.67. The molecule has 0 amide bonds. The first-order valence-corrected chi connectivity index (χ1v) is 8.83. The molecule has 0 radical (unpaired) electrons. The fourth-order valence-corrected chi connectivity index (χ4v) is 4.25. The van der Waals surface area contributed by atoms with E-state index in [1.54, 1.807) is 11.3 Å². The topological polar surface area (TPSA) is 38.4 Å². The van der Waals surface area contributed by atoms with E-state index >= 15 is 0 Å². The highest BCUT2D eigenvalue weighted by Crippen LogP contribution is 2.40. The molecule has 1 aliphatic carbocycles. The summed E-state index contributed by atoms with van der Waals surface area (Å²) in [6, 6.07) is 0. The van der Waals surface area contributed by atoms with Gasteiger partial charge in [-0.2, -0.15) is 0 Å². The lowest BCUT2D eigenvalue weighted by molar-refractivity contribution is 0.237. The molecule has 6 heteroatoms. The van der Waals surface area contributed by atoms with Crippen LogP contribution in [0.4, 0.5) is 0 Å². The highest BCUT2D eigenvalue weighted by atomic mass is 32.1. The van der Waals surface area contributed by atoms with Gasteiger partial charge in [-0.05, 0) is 12.8 Å². The van der Waals surface area contributed by atoms with E-state index in [9.17, 15) is 0 Å². The minimum Gasteiger partial charge on any atom is -0.335 e. The minimum absolute atomic E-state index is 0.726. The van der Waals surface area contributed by atoms with Crippen LogP contribution in [0.5, 0.6) is 0 Å². The largest absolute Gasteiger partial charge is 0.335 e. The molecule has 0 bridgehead atoms. The zero-order valence-corrected chi connectivity index (χ0v) is 13.5. The molecular formula is C16H19N5S. The minimum atomic E-state index is 0.726. The van der Waals surface area contributed by atoms with Gasteiger partial charge in [0.25, 0.3) is 0 Å². The average molecular weight is 313 g/mol. The summed E-state index contributed by atoms with van der Waals surface area (Å²) in [6.07, 6.45) is 7.96. The third kappa shape index (κ3) is 2.01. The van der Waals surface area contributed by atoms with E-state index in [2.05, 4.69) is 38.7 Å². The van der Waals surface area contributed by atoms with Gasteiger partial charge in [0.15, 0.2) is 4.96 Å². The fraction of sp³-hybridized carbons (Fsp3) is 0.500. The number of hydrogen-bond acceptors (Lipinski definition) is 4. The zero-order valence-electron chi connectivity index (χ0n) is 12.7. The van der Waals surface area contributed by atoms with E-state index < -0.39 is 0 Å². The summed E-state index contributed by atoms with van der Waals surface area (Å²) in [5, 5.41) is 2.08. The molecule has 1 fully saturated rings. The Kier molecular flexibility index (Phi) is 2.72. The number of rotatable bonds is 3. The van der Waals surface area contributed by atoms with Crippen molar-refractivity contribution in [3.8, 4) is 0 Å². The standard InChI is InChI=1S/C16H19N5S/c1-19-14-4-5-20(10-13(14)18-15(19)11-2-3-11)8-12-9-21-6-7-22-16(21)17-12/h6-7,9,11H,2-5,8,10H2,1H3. The van der Waals surface area contributed by atoms with Crippen LogP contribution < -0.4 is 0 Å². The van der Waals surface area contributed by atoms with Gasteiger partial charge in [0.2, 0.25) is 0 Å². The quantitative estimate of drug-likeness (QED) is 0.746. The SMILES string of the molecule is Cn1c(C2CC2)nc2c1CCN(Cc1cn3ccsc3n1)C2. The van der Waals surface area contributed by atoms with Crippen LogP contribution in [-0.2, 0) is 26.6 Å². The fourth-order valence-electron chi connectivity index (χ4n) is 3.53. The Morgan fingerprint density at radius 2 is 2.23 bits per heavy atom. The molecule has 0 N–H and O–H groups in total. The van der Waals surface area contributed by atoms with Crippen molar-refractivity contribution in [1.82, 2.24) is 23.8 Å². The Morgan fingerprint density at radius 3 is 3.05 bits per heavy atom. The van der Waals surface area contributed by atoms with Gasteiger partial charge < -0.3 is 4.57 Å². The van der Waals surface area contributed by atoms with Crippen molar-refractivity contribution in [2.24, 2.45) is 7.05 Å². The van der Waals surface area contributed by atoms with Crippen LogP contribution in [-0.4, -0.2) is 30.4 Å². The maximum Gasteiger partial charge on any atom is 0.193 e. The van der Waals surface area contributed by atoms with E-state index in [1.165, 1.54) is 30.1 Å². The normalized spacial score (nSPS) is 19.0. The first-order chi connectivity index (χ1) is 10.8. The Hall–Kier alpha value is -1.66. The van der Waals surface area contributed by atoms with E-state index in [1.807, 2.05) is 0 Å². The van der Waals surface area contributed by atoms with Crippen molar-refractivity contribution < 1.29 is 0 Å². The Labute approximate surface area is 133 Å². The molecule has 5 nitrogen and oxygen atoms in total. The number of fused-ring (bicyclic) bond motifs is 2. The summed E-state index contributed by atoms with van der Waals surface area (Å²) < 4.78 is 4.47. The Balaban J connectivity index is 1.37. The molecular weight excluding hydrogens is 294 g/mol. The number of aromatic nitrogens is 4. The van der Waals surface area contributed by atoms with Crippen LogP contribution >= 0.6 is 11.3 Å². The van der Waals surface area contributed by atoms with Gasteiger partial charge >= 0.3 is 0 Å². The molecule has 0 aromatic carbocycles. The van der Waals surface area contributed by atoms with Gasteiger partial charge in [-0.3, -0.25) is 9.30 Å². The molecule has 0 unspecified atom stereocenters. The maximum atomic E-state index is 4.93. The van der Waals surface area contributed by atoms with Crippen molar-refractivity contribution in [2.75, 3.05) is 6.54 Å². The van der Waals surface area contributed by atoms with Crippen molar-refractivity contribution >= 4 is 16.3 Å². The number of nitrogens with zero attached hydrogens (tertiary/aromatic N) is 5. The predicted molar refractivity (Wildman–Crippen MR) is 86.1 cm³/mol. The molecule has 22 heavy (non-hydrogen) atoms. The second-order valence-corrected chi connectivity index (χ2v) is 7.36. The zero-order chi connectivity index (χ0) is 14.7. The molecule has 3 aromatic rings. The summed E-state index contributed by atoms with van der Waals surface area (Å²) in [6.45, 7) is 2.98. The third-order valence-corrected chi connectivity index (χ3v) is 5.61. The molecule has 0 spiro atoms. The van der Waals surface area contributed by atoms with Gasteiger partial charge in [-0.1, -0.05) is 0 Å². The molecule has 114 valence electrons. The molecule has 0 atom stereocenters. The lowest BCUT2D eigenvalue weighted by Crippen LogP contribution is -2.30. The van der Waals surface area contributed by atoms with E-state index in [0.717, 1.165) is 42.6 Å². The maximum absolute atomic E-state index is 4.93. The van der Waals surface area contributed by atoms with Crippen LogP contribution in [0.15, 0.2) is 17.8 Å². The number of hydrogen-bond donors (Lipinski definition) is 0. The van der Waals surface area contributed by atoms with E-state index in [0.29, 0.717) is 0 Å². The second-order valence-electron chi connectivity index (χ2n) is 6.48. The lowest BCUT2D eigenvalue weighted by atomic mass is 10.1. The van der Waals surface area contributed by atoms with Crippen LogP contribution in [0, 0.1) is 0 Å². The Bertz CT molecular complexity index is 810. The third-order valence-electron chi connectivity index (χ3n) is 4.84. The highest BCUT2D eigenvalue weighted by molar-refractivity contribution is 7.15. The van der Waals surface area contributed by atoms with Crippen molar-refractivity contribution in [3.05, 3.63) is 40.7 Å². The lowest BCUT2D eigenvalue weighted by Gasteiger charge is -2.25. The van der Waals surface area contributed by atoms with Crippen LogP contribution in [0.2, 0.25) is 0 Å². The summed E-state index contributed by atoms with van der Waals surface area (Å²) >= 11 is 1.69. The average Bonchev–Trinajstić information content (AvgIpc) is 3.01. The monoisotopic (exact) mass is 313 g/mol. The number of imidazole rings is 2. The summed E-state index contributed by atoms with van der Waals surface area (Å²) in [5.41, 5.74) is 3.90. The van der Waals surface area contributed by atoms with Crippen molar-refractivity contribution in [2.45, 2.75) is 38.3 Å². The predicted octanol–water partition coefficient (Wildman–Crippen LogP) is 2.57. The highest BCUT2D eigenvalue weighted by Gasteiger charge is 2.31. The van der Waals surface area contributed by atoms with E-state index in [-0.39, 0.29) is 0 Å². The molecule has 2 aliphatic rings. The molecule has 3 aromatic heterocycles. The van der Waals surface area contributed by atoms with Crippen molar-refractivity contribution in [1.29, 1.82) is 0 Å². The first kappa shape index (κ1) is 12.8. The molecule has 0 saturated heterocycles. The Morgan fingerprint density at radius 1 is 1.32 bits per heavy atom. The van der Waals surface area contributed by atoms with Gasteiger partial charge in [0.05, 0.1) is 11.4 Å². The van der Waals surface area contributed by atoms with Gasteiger partial charge in [-0.15, -0.1) is 11.3 Å². The smallest absolute Gasteiger partial charge is 0.193 e. The first-order valence-electron chi connectivity index (χ1n) is 7.96. The molecule has 1 saturated carbocycles. The van der Waals surface area contributed by atoms with Crippen molar-refractivity contribution in [3.63, 3.8) is 0 Å². The molecule has 5 rings (SSSR count). The van der Waals surface area contributed by atoms with Crippen LogP contribution in [0.25, 0.3) is 4.96 Å². The molecule has 1 aliphatic heterocycles. The van der Waals surface area contributed by atoms with E-state index in [4.69, 9.17) is 9.97 Å². The van der Waals surface area contributed by atoms with Gasteiger partial charge in [0, 0.05) is 62.5 Å². The number of thiazole rings is 1. The van der Waals surface area contributed by atoms with Gasteiger partial charge in [-0.25, -0.2) is 9.97 Å². The van der Waals surface area contributed by atoms with Crippen LogP contribution in [0.3, 0.4) is 0 Å².